The van der Waals surface area contributed by atoms with Gasteiger partial charge in [-0.2, -0.15) is 26.3 Å². The highest BCUT2D eigenvalue weighted by Crippen LogP contribution is 2.55. The number of hydrogen-bond donors (Lipinski definition) is 2. The summed E-state index contributed by atoms with van der Waals surface area (Å²) in [6.07, 6.45) is -17.0. The van der Waals surface area contributed by atoms with E-state index in [0.29, 0.717) is 12.1 Å². The summed E-state index contributed by atoms with van der Waals surface area (Å²) in [6.45, 7) is 3.11. The molecular formula is C22H18F9NO3. The highest BCUT2D eigenvalue weighted by atomic mass is 19.4. The van der Waals surface area contributed by atoms with Crippen molar-refractivity contribution in [2.45, 2.75) is 49.6 Å². The van der Waals surface area contributed by atoms with Crippen molar-refractivity contribution in [3.8, 4) is 11.5 Å². The van der Waals surface area contributed by atoms with E-state index in [1.165, 1.54) is 6.07 Å². The Balaban J connectivity index is 1.80. The minimum atomic E-state index is -6.05. The Morgan fingerprint density at radius 3 is 2.14 bits per heavy atom. The van der Waals surface area contributed by atoms with Crippen LogP contribution in [0.5, 0.6) is 11.5 Å². The topological polar surface area (TPSA) is 50.7 Å². The fourth-order valence-electron chi connectivity index (χ4n) is 4.68. The minimum absolute atomic E-state index is 0.0242. The molecule has 192 valence electrons. The van der Waals surface area contributed by atoms with Crippen LogP contribution in [0.3, 0.4) is 0 Å². The molecule has 13 heteroatoms. The molecule has 2 aliphatic heterocycles. The Hall–Kier alpha value is -2.83. The smallest absolute Gasteiger partial charge is 0.493 e. The zero-order valence-electron chi connectivity index (χ0n) is 18.0. The molecule has 0 saturated heterocycles. The summed E-state index contributed by atoms with van der Waals surface area (Å²) in [5, 5.41) is 12.8. The zero-order valence-corrected chi connectivity index (χ0v) is 18.0. The van der Waals surface area contributed by atoms with Crippen molar-refractivity contribution in [3.63, 3.8) is 0 Å². The number of alkyl halides is 9. The number of benzene rings is 2. The molecule has 0 aromatic heterocycles. The van der Waals surface area contributed by atoms with Gasteiger partial charge in [0.15, 0.2) is 0 Å². The average Bonchev–Trinajstić information content (AvgIpc) is 2.70. The number of anilines is 1. The lowest BCUT2D eigenvalue weighted by molar-refractivity contribution is -0.376. The van der Waals surface area contributed by atoms with E-state index in [2.05, 4.69) is 10.1 Å². The van der Waals surface area contributed by atoms with E-state index in [9.17, 15) is 44.6 Å². The van der Waals surface area contributed by atoms with Gasteiger partial charge in [0.1, 0.15) is 11.5 Å². The number of halogens is 9. The van der Waals surface area contributed by atoms with Gasteiger partial charge in [-0.05, 0) is 35.9 Å². The van der Waals surface area contributed by atoms with Crippen molar-refractivity contribution in [2.75, 3.05) is 11.9 Å². The van der Waals surface area contributed by atoms with Crippen LogP contribution in [0.25, 0.3) is 0 Å². The van der Waals surface area contributed by atoms with Crippen LogP contribution < -0.4 is 14.8 Å². The quantitative estimate of drug-likeness (QED) is 0.458. The molecular weight excluding hydrogens is 497 g/mol. The van der Waals surface area contributed by atoms with E-state index in [1.54, 1.807) is 13.8 Å². The molecule has 0 bridgehead atoms. The van der Waals surface area contributed by atoms with Crippen LogP contribution in [0.4, 0.5) is 45.2 Å². The van der Waals surface area contributed by atoms with Crippen molar-refractivity contribution >= 4 is 5.69 Å². The Kier molecular flexibility index (Phi) is 5.47. The molecule has 2 N–H and O–H groups in total. The van der Waals surface area contributed by atoms with Crippen molar-refractivity contribution in [1.82, 2.24) is 0 Å². The number of ether oxygens (including phenoxy) is 2. The summed E-state index contributed by atoms with van der Waals surface area (Å²) < 4.78 is 128. The number of fused-ring (bicyclic) bond motifs is 4. The second kappa shape index (κ2) is 7.58. The number of rotatable bonds is 2. The Labute approximate surface area is 192 Å². The van der Waals surface area contributed by atoms with Crippen LogP contribution in [0.1, 0.15) is 36.6 Å². The lowest BCUT2D eigenvalue weighted by Gasteiger charge is -2.49. The number of hydrogen-bond acceptors (Lipinski definition) is 4. The first-order chi connectivity index (χ1) is 15.9. The average molecular weight is 515 g/mol. The summed E-state index contributed by atoms with van der Waals surface area (Å²) in [4.78, 5) is 0. The van der Waals surface area contributed by atoms with Gasteiger partial charge >= 0.3 is 18.7 Å². The van der Waals surface area contributed by atoms with Crippen LogP contribution in [0.15, 0.2) is 36.4 Å². The third-order valence-corrected chi connectivity index (χ3v) is 6.56. The first kappa shape index (κ1) is 25.3. The van der Waals surface area contributed by atoms with Gasteiger partial charge in [0.05, 0.1) is 12.6 Å². The summed E-state index contributed by atoms with van der Waals surface area (Å²) in [5.41, 5.74) is -7.10. The molecule has 35 heavy (non-hydrogen) atoms. The maximum absolute atomic E-state index is 13.4. The van der Waals surface area contributed by atoms with Crippen LogP contribution in [0, 0.1) is 5.92 Å². The molecule has 2 aromatic rings. The van der Waals surface area contributed by atoms with Crippen LogP contribution >= 0.6 is 0 Å². The predicted molar refractivity (Wildman–Crippen MR) is 104 cm³/mol. The molecule has 2 aliphatic rings. The van der Waals surface area contributed by atoms with E-state index in [0.717, 1.165) is 18.2 Å². The molecule has 2 atom stereocenters. The van der Waals surface area contributed by atoms with Gasteiger partial charge in [0.25, 0.3) is 5.60 Å². The van der Waals surface area contributed by atoms with Crippen molar-refractivity contribution in [2.24, 2.45) is 5.92 Å². The molecule has 0 aliphatic carbocycles. The normalized spacial score (nSPS) is 21.7. The Morgan fingerprint density at radius 2 is 1.57 bits per heavy atom. The molecule has 2 heterocycles. The van der Waals surface area contributed by atoms with Gasteiger partial charge in [0, 0.05) is 28.1 Å². The first-order valence-corrected chi connectivity index (χ1v) is 10.2. The zero-order chi connectivity index (χ0) is 26.2. The monoisotopic (exact) mass is 515 g/mol. The third-order valence-electron chi connectivity index (χ3n) is 6.56. The van der Waals surface area contributed by atoms with Gasteiger partial charge in [-0.15, -0.1) is 13.2 Å². The standard InChI is InChI=1S/C22H18F9NO3/c1-18(2)13-7-10(19(33,20(23,24)25)21(26,27)28)3-5-15(13)32-17-12-8-11(35-22(29,30)31)4-6-16(12)34-9-14(17)18/h3-8,14,17,32-33H,9H2,1-2H3. The largest absolute Gasteiger partial charge is 0.573 e. The summed E-state index contributed by atoms with van der Waals surface area (Å²) >= 11 is 0. The highest BCUT2D eigenvalue weighted by molar-refractivity contribution is 5.63. The lowest BCUT2D eigenvalue weighted by atomic mass is 9.64. The van der Waals surface area contributed by atoms with Crippen molar-refractivity contribution < 1.29 is 54.1 Å². The van der Waals surface area contributed by atoms with Crippen LogP contribution in [-0.4, -0.2) is 30.4 Å². The van der Waals surface area contributed by atoms with Gasteiger partial charge < -0.3 is 19.9 Å². The molecule has 4 nitrogen and oxygen atoms in total. The maximum Gasteiger partial charge on any atom is 0.573 e. The van der Waals surface area contributed by atoms with E-state index >= 15 is 0 Å². The predicted octanol–water partition coefficient (Wildman–Crippen LogP) is 6.35. The molecule has 0 spiro atoms. The van der Waals surface area contributed by atoms with Gasteiger partial charge in [0.2, 0.25) is 0 Å². The van der Waals surface area contributed by atoms with Gasteiger partial charge in [-0.1, -0.05) is 19.9 Å². The molecule has 2 aromatic carbocycles. The second-order valence-electron chi connectivity index (χ2n) is 8.97. The third kappa shape index (κ3) is 4.03. The second-order valence-corrected chi connectivity index (χ2v) is 8.97. The highest BCUT2D eigenvalue weighted by Gasteiger charge is 2.71. The van der Waals surface area contributed by atoms with Gasteiger partial charge in [-0.3, -0.25) is 0 Å². The van der Waals surface area contributed by atoms with E-state index in [1.807, 2.05) is 0 Å². The first-order valence-electron chi connectivity index (χ1n) is 10.2. The molecule has 0 amide bonds. The van der Waals surface area contributed by atoms with Crippen molar-refractivity contribution in [1.29, 1.82) is 0 Å². The minimum Gasteiger partial charge on any atom is -0.493 e. The summed E-state index contributed by atoms with van der Waals surface area (Å²) in [7, 11) is 0. The van der Waals surface area contributed by atoms with Crippen molar-refractivity contribution in [3.05, 3.63) is 53.1 Å². The van der Waals surface area contributed by atoms with E-state index in [-0.39, 0.29) is 29.2 Å². The summed E-state index contributed by atoms with van der Waals surface area (Å²) in [6, 6.07) is 4.94. The molecule has 4 rings (SSSR count). The Morgan fingerprint density at radius 1 is 0.943 bits per heavy atom. The Bertz CT molecular complexity index is 1120. The number of aliphatic hydroxyl groups is 1. The van der Waals surface area contributed by atoms with Gasteiger partial charge in [-0.25, -0.2) is 0 Å². The summed E-state index contributed by atoms with van der Waals surface area (Å²) in [5.74, 6) is -0.863. The molecule has 2 unspecified atom stereocenters. The maximum atomic E-state index is 13.4. The van der Waals surface area contributed by atoms with Crippen LogP contribution in [-0.2, 0) is 11.0 Å². The fraction of sp³-hybridized carbons (Fsp3) is 0.455. The van der Waals surface area contributed by atoms with E-state index in [4.69, 9.17) is 4.74 Å². The molecule has 0 fully saturated rings. The van der Waals surface area contributed by atoms with E-state index < -0.39 is 53.0 Å². The molecule has 0 saturated carbocycles. The fourth-order valence-corrected chi connectivity index (χ4v) is 4.68. The SMILES string of the molecule is CC1(C)c2cc(C(O)(C(F)(F)F)C(F)(F)F)ccc2NC2c3cc(OC(F)(F)F)ccc3OCC21. The number of nitrogens with one attached hydrogen (secondary N) is 1. The molecule has 0 radical (unpaired) electrons. The van der Waals surface area contributed by atoms with Crippen LogP contribution in [0.2, 0.25) is 0 Å². The lowest BCUT2D eigenvalue weighted by Crippen LogP contribution is -2.54.